The molecule has 3 nitrogen and oxygen atoms in total. The fourth-order valence-electron chi connectivity index (χ4n) is 2.70. The Balaban J connectivity index is 1.81. The van der Waals surface area contributed by atoms with Crippen molar-refractivity contribution in [3.8, 4) is 0 Å². The van der Waals surface area contributed by atoms with Crippen LogP contribution in [0.5, 0.6) is 0 Å². The third-order valence-electron chi connectivity index (χ3n) is 3.82. The molecule has 0 radical (unpaired) electrons. The summed E-state index contributed by atoms with van der Waals surface area (Å²) in [6.07, 6.45) is 1.89. The molecule has 2 aromatic rings. The van der Waals surface area contributed by atoms with Gasteiger partial charge in [0.15, 0.2) is 0 Å². The van der Waals surface area contributed by atoms with Crippen molar-refractivity contribution >= 4 is 5.82 Å². The molecule has 0 spiro atoms. The number of pyridine rings is 1. The molecule has 1 aliphatic heterocycles. The minimum atomic E-state index is 0.112. The molecule has 1 N–H and O–H groups in total. The molecule has 0 unspecified atom stereocenters. The number of hydrogen-bond acceptors (Lipinski definition) is 3. The Morgan fingerprint density at radius 3 is 2.33 bits per heavy atom. The van der Waals surface area contributed by atoms with Gasteiger partial charge in [-0.1, -0.05) is 30.3 Å². The van der Waals surface area contributed by atoms with Gasteiger partial charge in [0.25, 0.3) is 0 Å². The monoisotopic (exact) mass is 281 g/mol. The highest BCUT2D eigenvalue weighted by atomic mass is 15.2. The van der Waals surface area contributed by atoms with Gasteiger partial charge in [-0.25, -0.2) is 4.98 Å². The minimum absolute atomic E-state index is 0.112. The molecule has 1 aromatic heterocycles. The van der Waals surface area contributed by atoms with E-state index in [1.165, 1.54) is 16.7 Å². The first-order valence-corrected chi connectivity index (χ1v) is 7.53. The fourth-order valence-corrected chi connectivity index (χ4v) is 2.70. The van der Waals surface area contributed by atoms with Crippen LogP contribution >= 0.6 is 0 Å². The number of rotatable bonds is 3. The second kappa shape index (κ2) is 5.49. The van der Waals surface area contributed by atoms with Gasteiger partial charge in [0.05, 0.1) is 0 Å². The molecular weight excluding hydrogens is 258 g/mol. The molecule has 0 atom stereocenters. The van der Waals surface area contributed by atoms with Crippen LogP contribution in [0.4, 0.5) is 5.82 Å². The molecule has 0 aliphatic carbocycles. The van der Waals surface area contributed by atoms with E-state index < -0.39 is 0 Å². The van der Waals surface area contributed by atoms with Crippen LogP contribution in [-0.4, -0.2) is 10.5 Å². The Morgan fingerprint density at radius 1 is 1.05 bits per heavy atom. The van der Waals surface area contributed by atoms with Crippen LogP contribution in [0.2, 0.25) is 0 Å². The summed E-state index contributed by atoms with van der Waals surface area (Å²) in [5.41, 5.74) is 4.21. The van der Waals surface area contributed by atoms with Crippen LogP contribution in [-0.2, 0) is 19.6 Å². The number of nitrogens with zero attached hydrogens (tertiary/aromatic N) is 2. The smallest absolute Gasteiger partial charge is 0.133 e. The number of fused-ring (bicyclic) bond motifs is 1. The molecule has 0 saturated heterocycles. The zero-order valence-corrected chi connectivity index (χ0v) is 13.1. The third kappa shape index (κ3) is 3.24. The van der Waals surface area contributed by atoms with Gasteiger partial charge in [-0.15, -0.1) is 0 Å². The zero-order valence-electron chi connectivity index (χ0n) is 13.1. The summed E-state index contributed by atoms with van der Waals surface area (Å²) in [4.78, 5) is 7.00. The second-order valence-corrected chi connectivity index (χ2v) is 6.71. The van der Waals surface area contributed by atoms with E-state index in [-0.39, 0.29) is 5.54 Å². The van der Waals surface area contributed by atoms with Gasteiger partial charge < -0.3 is 10.2 Å². The largest absolute Gasteiger partial charge is 0.348 e. The average molecular weight is 281 g/mol. The first-order valence-electron chi connectivity index (χ1n) is 7.53. The van der Waals surface area contributed by atoms with E-state index in [2.05, 4.69) is 66.3 Å². The molecule has 0 fully saturated rings. The van der Waals surface area contributed by atoms with E-state index in [0.717, 1.165) is 25.5 Å². The summed E-state index contributed by atoms with van der Waals surface area (Å²) in [5, 5.41) is 3.56. The summed E-state index contributed by atoms with van der Waals surface area (Å²) in [6, 6.07) is 12.8. The van der Waals surface area contributed by atoms with Gasteiger partial charge in [-0.3, -0.25) is 0 Å². The van der Waals surface area contributed by atoms with Crippen LogP contribution in [0.15, 0.2) is 42.6 Å². The van der Waals surface area contributed by atoms with Crippen molar-refractivity contribution in [3.05, 3.63) is 59.3 Å². The van der Waals surface area contributed by atoms with Gasteiger partial charge in [-0.05, 0) is 38.0 Å². The van der Waals surface area contributed by atoms with Crippen molar-refractivity contribution in [3.63, 3.8) is 0 Å². The molecule has 0 saturated carbocycles. The lowest BCUT2D eigenvalue weighted by molar-refractivity contribution is 0.424. The Labute approximate surface area is 127 Å². The predicted octanol–water partition coefficient (Wildman–Crippen LogP) is 3.49. The summed E-state index contributed by atoms with van der Waals surface area (Å²) >= 11 is 0. The Morgan fingerprint density at radius 2 is 1.71 bits per heavy atom. The molecule has 3 heteroatoms. The minimum Gasteiger partial charge on any atom is -0.348 e. The molecule has 0 bridgehead atoms. The lowest BCUT2D eigenvalue weighted by Gasteiger charge is -2.24. The van der Waals surface area contributed by atoms with Crippen molar-refractivity contribution in [2.24, 2.45) is 0 Å². The molecule has 2 heterocycles. The summed E-state index contributed by atoms with van der Waals surface area (Å²) < 4.78 is 0. The average Bonchev–Trinajstić information content (AvgIpc) is 2.88. The quantitative estimate of drug-likeness (QED) is 0.933. The molecule has 0 amide bonds. The summed E-state index contributed by atoms with van der Waals surface area (Å²) in [7, 11) is 0. The van der Waals surface area contributed by atoms with Crippen LogP contribution in [0.25, 0.3) is 0 Å². The van der Waals surface area contributed by atoms with E-state index in [0.29, 0.717) is 0 Å². The highest BCUT2D eigenvalue weighted by Gasteiger charge is 2.22. The highest BCUT2D eigenvalue weighted by Crippen LogP contribution is 2.29. The highest BCUT2D eigenvalue weighted by molar-refractivity contribution is 5.51. The van der Waals surface area contributed by atoms with Gasteiger partial charge in [-0.2, -0.15) is 0 Å². The molecule has 110 valence electrons. The van der Waals surface area contributed by atoms with Gasteiger partial charge in [0, 0.05) is 36.9 Å². The van der Waals surface area contributed by atoms with Crippen molar-refractivity contribution in [2.75, 3.05) is 4.90 Å². The van der Waals surface area contributed by atoms with Crippen molar-refractivity contribution in [1.29, 1.82) is 0 Å². The zero-order chi connectivity index (χ0) is 14.9. The number of hydrogen-bond donors (Lipinski definition) is 1. The summed E-state index contributed by atoms with van der Waals surface area (Å²) in [5.74, 6) is 1.10. The topological polar surface area (TPSA) is 28.2 Å². The van der Waals surface area contributed by atoms with Crippen LogP contribution in [0.1, 0.15) is 37.5 Å². The first-order chi connectivity index (χ1) is 10.0. The van der Waals surface area contributed by atoms with Crippen molar-refractivity contribution < 1.29 is 0 Å². The number of benzene rings is 1. The van der Waals surface area contributed by atoms with Gasteiger partial charge >= 0.3 is 0 Å². The number of anilines is 1. The first kappa shape index (κ1) is 14.1. The molecular formula is C18H23N3. The molecule has 3 rings (SSSR count). The number of nitrogens with one attached hydrogen (secondary N) is 1. The third-order valence-corrected chi connectivity index (χ3v) is 3.82. The SMILES string of the molecule is CC(C)(C)NCc1cccnc1N1Cc2ccccc2C1. The van der Waals surface area contributed by atoms with Gasteiger partial charge in [0.2, 0.25) is 0 Å². The lowest BCUT2D eigenvalue weighted by Crippen LogP contribution is -2.35. The summed E-state index contributed by atoms with van der Waals surface area (Å²) in [6.45, 7) is 9.32. The van der Waals surface area contributed by atoms with E-state index in [9.17, 15) is 0 Å². The Bertz CT molecular complexity index is 603. The normalized spacial score (nSPS) is 14.3. The maximum absolute atomic E-state index is 4.63. The van der Waals surface area contributed by atoms with E-state index in [1.807, 2.05) is 12.3 Å². The van der Waals surface area contributed by atoms with Crippen LogP contribution < -0.4 is 10.2 Å². The maximum atomic E-state index is 4.63. The van der Waals surface area contributed by atoms with Crippen LogP contribution in [0, 0.1) is 0 Å². The Kier molecular flexibility index (Phi) is 3.68. The maximum Gasteiger partial charge on any atom is 0.133 e. The standard InChI is InChI=1S/C18H23N3/c1-18(2,3)20-11-14-9-6-10-19-17(14)21-12-15-7-4-5-8-16(15)13-21/h4-10,20H,11-13H2,1-3H3. The van der Waals surface area contributed by atoms with Crippen molar-refractivity contribution in [1.82, 2.24) is 10.3 Å². The van der Waals surface area contributed by atoms with E-state index in [4.69, 9.17) is 0 Å². The van der Waals surface area contributed by atoms with Crippen molar-refractivity contribution in [2.45, 2.75) is 45.9 Å². The predicted molar refractivity (Wildman–Crippen MR) is 87.2 cm³/mol. The lowest BCUT2D eigenvalue weighted by atomic mass is 10.1. The van der Waals surface area contributed by atoms with Crippen LogP contribution in [0.3, 0.4) is 0 Å². The fraction of sp³-hybridized carbons (Fsp3) is 0.389. The second-order valence-electron chi connectivity index (χ2n) is 6.71. The molecule has 1 aromatic carbocycles. The molecule has 21 heavy (non-hydrogen) atoms. The Hall–Kier alpha value is -1.87. The van der Waals surface area contributed by atoms with E-state index in [1.54, 1.807) is 0 Å². The molecule has 1 aliphatic rings. The van der Waals surface area contributed by atoms with E-state index >= 15 is 0 Å². The van der Waals surface area contributed by atoms with Gasteiger partial charge in [0.1, 0.15) is 5.82 Å². The number of aromatic nitrogens is 1.